The number of nitrogens with zero attached hydrogens (tertiary/aromatic N) is 1. The maximum absolute atomic E-state index is 12.3. The van der Waals surface area contributed by atoms with Gasteiger partial charge in [-0.2, -0.15) is 0 Å². The Labute approximate surface area is 135 Å². The van der Waals surface area contributed by atoms with E-state index in [0.29, 0.717) is 22.2 Å². The van der Waals surface area contributed by atoms with Crippen LogP contribution in [0.5, 0.6) is 0 Å². The van der Waals surface area contributed by atoms with Gasteiger partial charge in [0.1, 0.15) is 0 Å². The van der Waals surface area contributed by atoms with Gasteiger partial charge in [-0.3, -0.25) is 4.79 Å². The topological polar surface area (TPSA) is 41.6 Å². The number of benzene rings is 1. The lowest BCUT2D eigenvalue weighted by Crippen LogP contribution is -2.55. The quantitative estimate of drug-likeness (QED) is 0.922. The highest BCUT2D eigenvalue weighted by Crippen LogP contribution is 2.26. The average Bonchev–Trinajstić information content (AvgIpc) is 2.48. The minimum atomic E-state index is -0.138. The van der Waals surface area contributed by atoms with Crippen LogP contribution in [0.1, 0.15) is 23.2 Å². The van der Waals surface area contributed by atoms with Gasteiger partial charge in [0.15, 0.2) is 0 Å². The molecule has 2 rings (SSSR count). The Kier molecular flexibility index (Phi) is 5.49. The number of carbonyl (C=O) groups excluding carboxylic acids is 1. The highest BCUT2D eigenvalue weighted by atomic mass is 35.5. The van der Waals surface area contributed by atoms with Crippen LogP contribution < -0.4 is 5.32 Å². The van der Waals surface area contributed by atoms with E-state index in [1.807, 2.05) is 14.1 Å². The summed E-state index contributed by atoms with van der Waals surface area (Å²) in [7, 11) is 4.08. The van der Waals surface area contributed by atoms with Crippen molar-refractivity contribution in [3.8, 4) is 0 Å². The molecule has 0 aliphatic carbocycles. The second-order valence-corrected chi connectivity index (χ2v) is 6.36. The number of nitrogens with one attached hydrogen (secondary N) is 1. The van der Waals surface area contributed by atoms with Crippen molar-refractivity contribution in [3.63, 3.8) is 0 Å². The molecule has 1 aromatic rings. The molecule has 0 unspecified atom stereocenters. The van der Waals surface area contributed by atoms with Gasteiger partial charge in [0.05, 0.1) is 10.0 Å². The molecular formula is C15H20Cl2N2O2. The van der Waals surface area contributed by atoms with Crippen LogP contribution in [0, 0.1) is 0 Å². The Hall–Kier alpha value is -0.810. The van der Waals surface area contributed by atoms with E-state index in [2.05, 4.69) is 10.2 Å². The summed E-state index contributed by atoms with van der Waals surface area (Å²) in [5.74, 6) is -0.138. The van der Waals surface area contributed by atoms with Gasteiger partial charge in [-0.1, -0.05) is 23.2 Å². The summed E-state index contributed by atoms with van der Waals surface area (Å²) >= 11 is 11.8. The Morgan fingerprint density at radius 2 is 1.95 bits per heavy atom. The molecule has 1 saturated heterocycles. The summed E-state index contributed by atoms with van der Waals surface area (Å²) < 4.78 is 5.42. The van der Waals surface area contributed by atoms with Crippen molar-refractivity contribution in [2.75, 3.05) is 33.9 Å². The Morgan fingerprint density at radius 1 is 1.29 bits per heavy atom. The molecule has 0 spiro atoms. The van der Waals surface area contributed by atoms with Gasteiger partial charge in [-0.25, -0.2) is 0 Å². The zero-order valence-electron chi connectivity index (χ0n) is 12.3. The van der Waals surface area contributed by atoms with Crippen molar-refractivity contribution in [2.45, 2.75) is 18.4 Å². The van der Waals surface area contributed by atoms with Crippen molar-refractivity contribution in [3.05, 3.63) is 33.8 Å². The molecule has 1 aliphatic rings. The molecule has 0 atom stereocenters. The number of rotatable bonds is 4. The fourth-order valence-electron chi connectivity index (χ4n) is 2.52. The second kappa shape index (κ2) is 6.97. The minimum Gasteiger partial charge on any atom is -0.381 e. The third kappa shape index (κ3) is 3.89. The fraction of sp³-hybridized carbons (Fsp3) is 0.533. The first kappa shape index (κ1) is 16.6. The number of hydrogen-bond donors (Lipinski definition) is 1. The minimum absolute atomic E-state index is 0.0515. The van der Waals surface area contributed by atoms with Gasteiger partial charge in [0.2, 0.25) is 0 Å². The molecule has 0 bridgehead atoms. The van der Waals surface area contributed by atoms with Crippen molar-refractivity contribution in [2.24, 2.45) is 0 Å². The van der Waals surface area contributed by atoms with Gasteiger partial charge in [-0.15, -0.1) is 0 Å². The van der Waals surface area contributed by atoms with Crippen LogP contribution in [-0.2, 0) is 4.74 Å². The zero-order valence-corrected chi connectivity index (χ0v) is 13.8. The van der Waals surface area contributed by atoms with Gasteiger partial charge < -0.3 is 15.0 Å². The molecule has 6 heteroatoms. The first-order valence-corrected chi connectivity index (χ1v) is 7.69. The van der Waals surface area contributed by atoms with E-state index in [1.54, 1.807) is 18.2 Å². The molecule has 1 amide bonds. The second-order valence-electron chi connectivity index (χ2n) is 5.54. The molecule has 1 aliphatic heterocycles. The highest BCUT2D eigenvalue weighted by molar-refractivity contribution is 6.42. The number of amides is 1. The van der Waals surface area contributed by atoms with E-state index < -0.39 is 0 Å². The summed E-state index contributed by atoms with van der Waals surface area (Å²) in [6, 6.07) is 4.90. The molecule has 1 fully saturated rings. The molecule has 0 saturated carbocycles. The Bertz CT molecular complexity index is 514. The molecule has 0 radical (unpaired) electrons. The molecule has 21 heavy (non-hydrogen) atoms. The third-order valence-electron chi connectivity index (χ3n) is 4.13. The molecule has 116 valence electrons. The molecule has 1 heterocycles. The van der Waals surface area contributed by atoms with E-state index in [-0.39, 0.29) is 11.4 Å². The Balaban J connectivity index is 2.03. The van der Waals surface area contributed by atoms with E-state index >= 15 is 0 Å². The molecular weight excluding hydrogens is 311 g/mol. The van der Waals surface area contributed by atoms with Gasteiger partial charge >= 0.3 is 0 Å². The van der Waals surface area contributed by atoms with Crippen molar-refractivity contribution in [1.29, 1.82) is 0 Å². The summed E-state index contributed by atoms with van der Waals surface area (Å²) in [5, 5.41) is 3.83. The first-order valence-electron chi connectivity index (χ1n) is 6.93. The predicted octanol–water partition coefficient (Wildman–Crippen LogP) is 2.83. The zero-order chi connectivity index (χ0) is 15.5. The molecule has 1 N–H and O–H groups in total. The molecule has 4 nitrogen and oxygen atoms in total. The van der Waals surface area contributed by atoms with Crippen LogP contribution in [0.25, 0.3) is 0 Å². The predicted molar refractivity (Wildman–Crippen MR) is 85.3 cm³/mol. The van der Waals surface area contributed by atoms with Crippen LogP contribution >= 0.6 is 23.2 Å². The smallest absolute Gasteiger partial charge is 0.251 e. The number of hydrogen-bond acceptors (Lipinski definition) is 3. The van der Waals surface area contributed by atoms with E-state index in [4.69, 9.17) is 27.9 Å². The monoisotopic (exact) mass is 330 g/mol. The van der Waals surface area contributed by atoms with E-state index in [0.717, 1.165) is 26.1 Å². The fourth-order valence-corrected chi connectivity index (χ4v) is 2.82. The number of ether oxygens (including phenoxy) is 1. The lowest BCUT2D eigenvalue weighted by molar-refractivity contribution is -0.00657. The van der Waals surface area contributed by atoms with Gasteiger partial charge in [-0.05, 0) is 45.1 Å². The molecule has 0 aromatic heterocycles. The summed E-state index contributed by atoms with van der Waals surface area (Å²) in [5.41, 5.74) is 0.467. The van der Waals surface area contributed by atoms with Crippen LogP contribution in [-0.4, -0.2) is 50.2 Å². The third-order valence-corrected chi connectivity index (χ3v) is 4.87. The lowest BCUT2D eigenvalue weighted by Gasteiger charge is -2.42. The first-order chi connectivity index (χ1) is 9.94. The molecule has 1 aromatic carbocycles. The van der Waals surface area contributed by atoms with Crippen molar-refractivity contribution in [1.82, 2.24) is 10.2 Å². The van der Waals surface area contributed by atoms with Crippen LogP contribution in [0.4, 0.5) is 0 Å². The largest absolute Gasteiger partial charge is 0.381 e. The maximum Gasteiger partial charge on any atom is 0.251 e. The summed E-state index contributed by atoms with van der Waals surface area (Å²) in [6.07, 6.45) is 1.81. The van der Waals surface area contributed by atoms with E-state index in [9.17, 15) is 4.79 Å². The summed E-state index contributed by atoms with van der Waals surface area (Å²) in [6.45, 7) is 2.03. The standard InChI is InChI=1S/C15H20Cl2N2O2/c1-19(2)15(5-7-21-8-6-15)10-18-14(20)11-3-4-12(16)13(17)9-11/h3-4,9H,5-8,10H2,1-2H3,(H,18,20). The highest BCUT2D eigenvalue weighted by Gasteiger charge is 2.35. The van der Waals surface area contributed by atoms with Crippen LogP contribution in [0.15, 0.2) is 18.2 Å². The SMILES string of the molecule is CN(C)C1(CNC(=O)c2ccc(Cl)c(Cl)c2)CCOCC1. The number of carbonyl (C=O) groups is 1. The number of halogens is 2. The normalized spacial score (nSPS) is 17.8. The number of likely N-dealkylation sites (N-methyl/N-ethyl adjacent to an activating group) is 1. The van der Waals surface area contributed by atoms with Crippen molar-refractivity contribution < 1.29 is 9.53 Å². The summed E-state index contributed by atoms with van der Waals surface area (Å²) in [4.78, 5) is 14.4. The average molecular weight is 331 g/mol. The lowest BCUT2D eigenvalue weighted by atomic mass is 9.88. The maximum atomic E-state index is 12.3. The van der Waals surface area contributed by atoms with Crippen LogP contribution in [0.3, 0.4) is 0 Å². The van der Waals surface area contributed by atoms with Gasteiger partial charge in [0.25, 0.3) is 5.91 Å². The Morgan fingerprint density at radius 3 is 2.52 bits per heavy atom. The van der Waals surface area contributed by atoms with E-state index in [1.165, 1.54) is 0 Å². The van der Waals surface area contributed by atoms with Crippen LogP contribution in [0.2, 0.25) is 10.0 Å². The van der Waals surface area contributed by atoms with Crippen molar-refractivity contribution >= 4 is 29.1 Å². The van der Waals surface area contributed by atoms with Gasteiger partial charge in [0, 0.05) is 30.9 Å².